The number of carbonyl (C=O) groups excluding carboxylic acids is 2. The fraction of sp³-hybridized carbons (Fsp3) is 0.143. The number of aryl methyl sites for hydroxylation is 1. The first kappa shape index (κ1) is 22.9. The van der Waals surface area contributed by atoms with E-state index >= 15 is 0 Å². The molecule has 1 aromatic heterocycles. The first-order chi connectivity index (χ1) is 17.4. The molecule has 0 bridgehead atoms. The third kappa shape index (κ3) is 3.69. The molecule has 180 valence electrons. The van der Waals surface area contributed by atoms with Gasteiger partial charge in [-0.1, -0.05) is 53.5 Å². The summed E-state index contributed by atoms with van der Waals surface area (Å²) in [4.78, 5) is 34.6. The zero-order valence-corrected chi connectivity index (χ0v) is 20.6. The highest BCUT2D eigenvalue weighted by Crippen LogP contribution is 2.48. The Morgan fingerprint density at radius 2 is 1.58 bits per heavy atom. The summed E-state index contributed by atoms with van der Waals surface area (Å²) in [6, 6.07) is 24.7. The number of hydrogen-bond acceptors (Lipinski definition) is 5. The van der Waals surface area contributed by atoms with Crippen LogP contribution in [0.3, 0.4) is 0 Å². The van der Waals surface area contributed by atoms with Crippen molar-refractivity contribution in [3.8, 4) is 11.3 Å². The van der Waals surface area contributed by atoms with E-state index in [1.54, 1.807) is 41.5 Å². The van der Waals surface area contributed by atoms with Crippen LogP contribution in [0.5, 0.6) is 0 Å². The summed E-state index contributed by atoms with van der Waals surface area (Å²) in [6.07, 6.45) is -0.980. The van der Waals surface area contributed by atoms with E-state index in [4.69, 9.17) is 32.5 Å². The van der Waals surface area contributed by atoms with E-state index in [0.717, 1.165) is 5.56 Å². The van der Waals surface area contributed by atoms with Crippen LogP contribution in [0.25, 0.3) is 11.3 Å². The second-order valence-electron chi connectivity index (χ2n) is 8.84. The van der Waals surface area contributed by atoms with Crippen molar-refractivity contribution < 1.29 is 18.8 Å². The molecule has 2 aliphatic rings. The maximum atomic E-state index is 13.8. The second kappa shape index (κ2) is 8.82. The number of hydrogen-bond donors (Lipinski definition) is 0. The largest absolute Gasteiger partial charge is 0.459 e. The van der Waals surface area contributed by atoms with Crippen LogP contribution >= 0.6 is 23.2 Å². The zero-order chi connectivity index (χ0) is 25.0. The zero-order valence-electron chi connectivity index (χ0n) is 19.1. The molecule has 0 unspecified atom stereocenters. The number of halogens is 2. The standard InChI is InChI=1S/C28H20Cl2N2O4/c1-16-6-5-9-19(14-16)31-27(33)24-25(32(36-26(24)28(31)34)18-7-3-2-4-8-18)23-13-12-22(35-23)20-15-17(29)10-11-21(20)30/h2-15,24-26H,1H3/t24-,25-,26-/m0/s1. The smallest absolute Gasteiger partial charge is 0.266 e. The average molecular weight is 519 g/mol. The predicted octanol–water partition coefficient (Wildman–Crippen LogP) is 6.61. The van der Waals surface area contributed by atoms with Gasteiger partial charge < -0.3 is 4.42 Å². The number of nitrogens with zero attached hydrogens (tertiary/aromatic N) is 2. The van der Waals surface area contributed by atoms with Crippen molar-refractivity contribution in [1.29, 1.82) is 0 Å². The number of rotatable bonds is 4. The Balaban J connectivity index is 1.43. The van der Waals surface area contributed by atoms with Crippen molar-refractivity contribution in [2.75, 3.05) is 9.96 Å². The number of amides is 2. The molecule has 2 aliphatic heterocycles. The molecule has 8 heteroatoms. The molecule has 2 amide bonds. The molecule has 3 heterocycles. The first-order valence-corrected chi connectivity index (χ1v) is 12.2. The summed E-state index contributed by atoms with van der Waals surface area (Å²) in [7, 11) is 0. The summed E-state index contributed by atoms with van der Waals surface area (Å²) < 4.78 is 6.25. The van der Waals surface area contributed by atoms with Crippen LogP contribution in [-0.2, 0) is 14.4 Å². The minimum atomic E-state index is -0.980. The van der Waals surface area contributed by atoms with E-state index in [0.29, 0.717) is 38.5 Å². The molecule has 3 aromatic carbocycles. The van der Waals surface area contributed by atoms with E-state index in [1.165, 1.54) is 4.90 Å². The fourth-order valence-electron chi connectivity index (χ4n) is 4.87. The highest BCUT2D eigenvalue weighted by Gasteiger charge is 2.61. The lowest BCUT2D eigenvalue weighted by Gasteiger charge is -2.27. The minimum Gasteiger partial charge on any atom is -0.459 e. The second-order valence-corrected chi connectivity index (χ2v) is 9.68. The monoisotopic (exact) mass is 518 g/mol. The van der Waals surface area contributed by atoms with Crippen LogP contribution in [0, 0.1) is 12.8 Å². The molecule has 0 N–H and O–H groups in total. The lowest BCUT2D eigenvalue weighted by molar-refractivity contribution is -0.126. The fourth-order valence-corrected chi connectivity index (χ4v) is 5.25. The van der Waals surface area contributed by atoms with Crippen LogP contribution in [0.15, 0.2) is 89.3 Å². The first-order valence-electron chi connectivity index (χ1n) is 11.4. The SMILES string of the molecule is Cc1cccc(N2C(=O)[C@@H]3[C@H](ON(c4ccccc4)[C@H]3c3ccc(-c4cc(Cl)ccc4Cl)o3)C2=O)c1. The number of anilines is 2. The van der Waals surface area contributed by atoms with Crippen LogP contribution < -0.4 is 9.96 Å². The number of hydroxylamine groups is 1. The number of carbonyl (C=O) groups is 2. The van der Waals surface area contributed by atoms with Gasteiger partial charge >= 0.3 is 0 Å². The molecule has 0 saturated carbocycles. The van der Waals surface area contributed by atoms with Gasteiger partial charge in [0.15, 0.2) is 6.10 Å². The van der Waals surface area contributed by atoms with Crippen LogP contribution in [0.4, 0.5) is 11.4 Å². The summed E-state index contributed by atoms with van der Waals surface area (Å²) in [6.45, 7) is 1.91. The van der Waals surface area contributed by atoms with Crippen molar-refractivity contribution in [3.05, 3.63) is 106 Å². The maximum absolute atomic E-state index is 13.8. The number of para-hydroxylation sites is 1. The van der Waals surface area contributed by atoms with Crippen molar-refractivity contribution in [2.45, 2.75) is 19.1 Å². The number of furan rings is 1. The Hall–Kier alpha value is -3.58. The summed E-state index contributed by atoms with van der Waals surface area (Å²) >= 11 is 12.6. The highest BCUT2D eigenvalue weighted by atomic mass is 35.5. The molecule has 3 atom stereocenters. The number of fused-ring (bicyclic) bond motifs is 1. The Morgan fingerprint density at radius 3 is 2.36 bits per heavy atom. The normalized spacial score (nSPS) is 21.4. The van der Waals surface area contributed by atoms with Gasteiger partial charge in [-0.05, 0) is 67.1 Å². The van der Waals surface area contributed by atoms with E-state index < -0.39 is 24.0 Å². The van der Waals surface area contributed by atoms with Gasteiger partial charge in [-0.3, -0.25) is 14.4 Å². The molecule has 4 aromatic rings. The van der Waals surface area contributed by atoms with Gasteiger partial charge in [0.25, 0.3) is 5.91 Å². The Morgan fingerprint density at radius 1 is 0.806 bits per heavy atom. The predicted molar refractivity (Wildman–Crippen MR) is 138 cm³/mol. The van der Waals surface area contributed by atoms with E-state index in [1.807, 2.05) is 55.5 Å². The van der Waals surface area contributed by atoms with Gasteiger partial charge in [-0.15, -0.1) is 0 Å². The summed E-state index contributed by atoms with van der Waals surface area (Å²) in [5.41, 5.74) is 2.81. The Bertz CT molecular complexity index is 1490. The van der Waals surface area contributed by atoms with Gasteiger partial charge in [-0.2, -0.15) is 0 Å². The molecule has 2 fully saturated rings. The molecule has 6 rings (SSSR count). The quantitative estimate of drug-likeness (QED) is 0.284. The van der Waals surface area contributed by atoms with Crippen molar-refractivity contribution in [2.24, 2.45) is 5.92 Å². The van der Waals surface area contributed by atoms with Crippen LogP contribution in [0.1, 0.15) is 17.4 Å². The van der Waals surface area contributed by atoms with Crippen LogP contribution in [0.2, 0.25) is 10.0 Å². The van der Waals surface area contributed by atoms with Gasteiger partial charge in [0.2, 0.25) is 5.91 Å². The van der Waals surface area contributed by atoms with Gasteiger partial charge in [0.05, 0.1) is 16.4 Å². The van der Waals surface area contributed by atoms with E-state index in [9.17, 15) is 9.59 Å². The topological polar surface area (TPSA) is 63.0 Å². The number of benzene rings is 3. The molecule has 0 spiro atoms. The van der Waals surface area contributed by atoms with Gasteiger partial charge in [-0.25, -0.2) is 9.96 Å². The van der Waals surface area contributed by atoms with Crippen LogP contribution in [-0.4, -0.2) is 17.9 Å². The summed E-state index contributed by atoms with van der Waals surface area (Å²) in [5, 5.41) is 2.60. The molecular weight excluding hydrogens is 499 g/mol. The van der Waals surface area contributed by atoms with Crippen molar-refractivity contribution in [1.82, 2.24) is 0 Å². The lowest BCUT2D eigenvalue weighted by atomic mass is 9.94. The molecular formula is C28H20Cl2N2O4. The lowest BCUT2D eigenvalue weighted by Crippen LogP contribution is -2.37. The van der Waals surface area contributed by atoms with Crippen molar-refractivity contribution in [3.63, 3.8) is 0 Å². The number of imide groups is 1. The van der Waals surface area contributed by atoms with Gasteiger partial charge in [0.1, 0.15) is 23.5 Å². The third-order valence-corrected chi connectivity index (χ3v) is 7.06. The minimum absolute atomic E-state index is 0.335. The molecule has 0 radical (unpaired) electrons. The summed E-state index contributed by atoms with van der Waals surface area (Å²) in [5.74, 6) is -0.556. The van der Waals surface area contributed by atoms with E-state index in [2.05, 4.69) is 0 Å². The maximum Gasteiger partial charge on any atom is 0.266 e. The molecule has 6 nitrogen and oxygen atoms in total. The molecule has 36 heavy (non-hydrogen) atoms. The highest BCUT2D eigenvalue weighted by molar-refractivity contribution is 6.35. The van der Waals surface area contributed by atoms with E-state index in [-0.39, 0.29) is 5.91 Å². The molecule has 0 aliphatic carbocycles. The Kier molecular flexibility index (Phi) is 5.60. The third-order valence-electron chi connectivity index (χ3n) is 6.50. The van der Waals surface area contributed by atoms with Gasteiger partial charge in [0, 0.05) is 10.6 Å². The average Bonchev–Trinajstić information content (AvgIpc) is 3.56. The molecule has 2 saturated heterocycles. The Labute approximate surface area is 217 Å². The van der Waals surface area contributed by atoms with Crippen molar-refractivity contribution >= 4 is 46.4 Å².